The van der Waals surface area contributed by atoms with Gasteiger partial charge in [0.25, 0.3) is 0 Å². The Balaban J connectivity index is -0.00000176. The molecule has 0 saturated heterocycles. The SMILES string of the molecule is CCCCCCCCCCCCCCCCCS(=O)(=O)NCC(NS(=O)(=O)CCCCCCCCCCCCCCCCC)C(=O)[O-].CCCCCCCCCCCCCCCCCS(=O)(=O)NCC(NS(=O)(=O)CCCCCCCCCCCCCCCCC)C(=O)[O-].[Ba+2]. The van der Waals surface area contributed by atoms with E-state index < -0.39 is 77.2 Å². The van der Waals surface area contributed by atoms with Crippen molar-refractivity contribution in [3.8, 4) is 0 Å². The fourth-order valence-electron chi connectivity index (χ4n) is 12.1. The number of unbranched alkanes of at least 4 members (excludes halogenated alkanes) is 56. The van der Waals surface area contributed by atoms with E-state index in [9.17, 15) is 53.5 Å². The Kier molecular flexibility index (Phi) is 75.8. The van der Waals surface area contributed by atoms with E-state index in [0.29, 0.717) is 25.7 Å². The smallest absolute Gasteiger partial charge is 0.548 e. The maximum Gasteiger partial charge on any atom is 2.00 e. The van der Waals surface area contributed by atoms with Crippen molar-refractivity contribution in [2.75, 3.05) is 36.1 Å². The van der Waals surface area contributed by atoms with Gasteiger partial charge in [-0.05, 0) is 25.7 Å². The van der Waals surface area contributed by atoms with Crippen LogP contribution in [0.1, 0.15) is 413 Å². The number of rotatable bonds is 76. The number of hydrogen-bond acceptors (Lipinski definition) is 12. The van der Waals surface area contributed by atoms with Gasteiger partial charge in [-0.3, -0.25) is 0 Å². The first-order chi connectivity index (χ1) is 45.3. The second-order valence-electron chi connectivity index (χ2n) is 27.8. The van der Waals surface area contributed by atoms with E-state index in [2.05, 4.69) is 46.6 Å². The predicted molar refractivity (Wildman–Crippen MR) is 400 cm³/mol. The molecule has 0 aliphatic rings. The quantitative estimate of drug-likeness (QED) is 0.0327. The molecule has 564 valence electrons. The largest absolute Gasteiger partial charge is 2.00 e. The van der Waals surface area contributed by atoms with Crippen LogP contribution in [0, 0.1) is 0 Å². The summed E-state index contributed by atoms with van der Waals surface area (Å²) in [7, 11) is -15.1. The molecule has 0 aromatic rings. The molecule has 0 aromatic carbocycles. The molecular weight excluding hydrogens is 1400 g/mol. The Morgan fingerprint density at radius 1 is 0.232 bits per heavy atom. The third-order valence-corrected chi connectivity index (χ3v) is 24.1. The number of sulfonamides is 4. The number of nitrogens with one attached hydrogen (secondary N) is 4. The summed E-state index contributed by atoms with van der Waals surface area (Å²) in [6.45, 7) is 7.87. The third-order valence-electron chi connectivity index (χ3n) is 18.3. The van der Waals surface area contributed by atoms with Crippen molar-refractivity contribution in [2.45, 2.75) is 425 Å². The molecule has 0 saturated carbocycles. The average Bonchev–Trinajstić information content (AvgIpc) is 1.07. The van der Waals surface area contributed by atoms with Crippen LogP contribution >= 0.6 is 0 Å². The van der Waals surface area contributed by atoms with E-state index >= 15 is 0 Å². The molecule has 2 atom stereocenters. The van der Waals surface area contributed by atoms with Crippen LogP contribution in [0.2, 0.25) is 0 Å². The first-order valence-corrected chi connectivity index (χ1v) is 46.2. The van der Waals surface area contributed by atoms with Crippen molar-refractivity contribution in [2.24, 2.45) is 0 Å². The molecule has 0 amide bonds. The molecule has 16 nitrogen and oxygen atoms in total. The van der Waals surface area contributed by atoms with Crippen molar-refractivity contribution in [1.29, 1.82) is 0 Å². The minimum atomic E-state index is -3.86. The summed E-state index contributed by atoms with van der Waals surface area (Å²) < 4.78 is 108. The Labute approximate surface area is 628 Å². The van der Waals surface area contributed by atoms with Crippen LogP contribution in [0.15, 0.2) is 0 Å². The zero-order valence-electron chi connectivity index (χ0n) is 62.1. The van der Waals surface area contributed by atoms with Crippen molar-refractivity contribution in [1.82, 2.24) is 18.9 Å². The van der Waals surface area contributed by atoms with Crippen LogP contribution in [0.25, 0.3) is 0 Å². The van der Waals surface area contributed by atoms with Crippen LogP contribution in [0.4, 0.5) is 0 Å². The van der Waals surface area contributed by atoms with E-state index in [1.807, 2.05) is 0 Å². The van der Waals surface area contributed by atoms with Crippen molar-refractivity contribution < 1.29 is 53.5 Å². The first kappa shape index (κ1) is 99.3. The van der Waals surface area contributed by atoms with E-state index in [1.54, 1.807) is 0 Å². The molecule has 0 radical (unpaired) electrons. The maximum atomic E-state index is 12.5. The second kappa shape index (κ2) is 72.5. The van der Waals surface area contributed by atoms with Crippen molar-refractivity contribution in [3.63, 3.8) is 0 Å². The summed E-state index contributed by atoms with van der Waals surface area (Å²) >= 11 is 0. The van der Waals surface area contributed by atoms with Gasteiger partial charge in [0.2, 0.25) is 40.1 Å². The van der Waals surface area contributed by atoms with Crippen LogP contribution in [-0.2, 0) is 49.7 Å². The van der Waals surface area contributed by atoms with Crippen LogP contribution in [-0.4, -0.2) is 143 Å². The van der Waals surface area contributed by atoms with E-state index in [-0.39, 0.29) is 71.9 Å². The van der Waals surface area contributed by atoms with Gasteiger partial charge in [0, 0.05) is 13.1 Å². The number of carboxylic acids is 2. The normalized spacial score (nSPS) is 12.8. The fourth-order valence-corrected chi connectivity index (χ4v) is 17.0. The number of hydrogen-bond donors (Lipinski definition) is 4. The third kappa shape index (κ3) is 76.6. The van der Waals surface area contributed by atoms with Crippen molar-refractivity contribution >= 4 is 101 Å². The molecule has 95 heavy (non-hydrogen) atoms. The topological polar surface area (TPSA) is 265 Å². The van der Waals surface area contributed by atoms with Gasteiger partial charge in [0.15, 0.2) is 0 Å². The summed E-state index contributed by atoms with van der Waals surface area (Å²) in [6, 6.07) is -3.26. The summed E-state index contributed by atoms with van der Waals surface area (Å²) in [4.78, 5) is 23.1. The minimum Gasteiger partial charge on any atom is -0.548 e. The Bertz CT molecular complexity index is 1980. The van der Waals surface area contributed by atoms with Gasteiger partial charge in [0.05, 0.1) is 47.0 Å². The molecule has 0 heterocycles. The number of carboxylic acid groups (broad SMARTS) is 2. The van der Waals surface area contributed by atoms with Gasteiger partial charge in [-0.15, -0.1) is 0 Å². The fraction of sp³-hybridized carbons (Fsp3) is 0.973. The van der Waals surface area contributed by atoms with Crippen molar-refractivity contribution in [3.05, 3.63) is 0 Å². The standard InChI is InChI=1S/2C37H76N2O6S2.Ba/c2*1-3-5-7-9-11-13-15-17-19-21-23-25-27-29-31-33-46(42,43)38-35-36(37(40)41)39-47(44,45)34-32-30-28-26-24-22-20-18-16-14-12-10-8-6-4-2;/h2*36,38-39H,3-35H2,1-2H3,(H,40,41);/q;;+2/p-2. The molecule has 0 aromatic heterocycles. The van der Waals surface area contributed by atoms with E-state index in [1.165, 1.54) is 270 Å². The van der Waals surface area contributed by atoms with E-state index in [4.69, 9.17) is 0 Å². The summed E-state index contributed by atoms with van der Waals surface area (Å²) in [5, 5.41) is 23.1. The zero-order chi connectivity index (χ0) is 69.8. The van der Waals surface area contributed by atoms with Gasteiger partial charge in [-0.2, -0.15) is 0 Å². The molecule has 4 N–H and O–H groups in total. The molecule has 21 heteroatoms. The summed E-state index contributed by atoms with van der Waals surface area (Å²) in [5.74, 6) is -3.84. The molecule has 0 rings (SSSR count). The van der Waals surface area contributed by atoms with E-state index in [0.717, 1.165) is 89.9 Å². The number of aliphatic carboxylic acids is 2. The molecule has 0 bridgehead atoms. The van der Waals surface area contributed by atoms with Gasteiger partial charge in [-0.1, -0.05) is 387 Å². The zero-order valence-corrected chi connectivity index (χ0v) is 69.8. The van der Waals surface area contributed by atoms with Crippen LogP contribution in [0.3, 0.4) is 0 Å². The molecule has 0 aliphatic heterocycles. The van der Waals surface area contributed by atoms with Gasteiger partial charge in [-0.25, -0.2) is 52.6 Å². The van der Waals surface area contributed by atoms with Gasteiger partial charge in [0.1, 0.15) is 0 Å². The number of carbonyl (C=O) groups is 2. The second-order valence-corrected chi connectivity index (χ2v) is 35.4. The van der Waals surface area contributed by atoms with Gasteiger partial charge >= 0.3 is 48.9 Å². The number of carbonyl (C=O) groups excluding carboxylic acids is 2. The molecule has 0 aliphatic carbocycles. The Morgan fingerprint density at radius 3 is 0.495 bits per heavy atom. The summed E-state index contributed by atoms with van der Waals surface area (Å²) in [5.41, 5.74) is 0. The monoisotopic (exact) mass is 1550 g/mol. The van der Waals surface area contributed by atoms with Gasteiger partial charge < -0.3 is 19.8 Å². The Hall–Kier alpha value is 0.151. The van der Waals surface area contributed by atoms with Crippen LogP contribution in [0.5, 0.6) is 0 Å². The molecule has 0 spiro atoms. The van der Waals surface area contributed by atoms with Crippen LogP contribution < -0.4 is 29.1 Å². The Morgan fingerprint density at radius 2 is 0.358 bits per heavy atom. The minimum absolute atomic E-state index is 0. The summed E-state index contributed by atoms with van der Waals surface area (Å²) in [6.07, 6.45) is 70.8. The molecule has 2 unspecified atom stereocenters. The molecule has 0 fully saturated rings. The molecular formula is C74H150BaN4O12S4. The predicted octanol–water partition coefficient (Wildman–Crippen LogP) is 17.0. The first-order valence-electron chi connectivity index (χ1n) is 39.6. The average molecular weight is 1550 g/mol. The maximum absolute atomic E-state index is 12.5.